The molecule has 0 aliphatic carbocycles. The molecule has 0 spiro atoms. The van der Waals surface area contributed by atoms with Crippen molar-refractivity contribution in [2.75, 3.05) is 31.1 Å². The highest BCUT2D eigenvalue weighted by Crippen LogP contribution is 2.29. The van der Waals surface area contributed by atoms with E-state index in [0.29, 0.717) is 5.82 Å². The normalized spacial score (nSPS) is 23.6. The Hall–Kier alpha value is -1.69. The van der Waals surface area contributed by atoms with E-state index in [9.17, 15) is 4.79 Å². The summed E-state index contributed by atoms with van der Waals surface area (Å²) in [4.78, 5) is 26.4. The van der Waals surface area contributed by atoms with Gasteiger partial charge in [-0.05, 0) is 38.5 Å². The summed E-state index contributed by atoms with van der Waals surface area (Å²) in [6, 6.07) is 0.181. The molecule has 2 fully saturated rings. The highest BCUT2D eigenvalue weighted by molar-refractivity contribution is 5.91. The summed E-state index contributed by atoms with van der Waals surface area (Å²) in [5, 5.41) is 0. The first-order chi connectivity index (χ1) is 11.8. The Morgan fingerprint density at radius 3 is 2.64 bits per heavy atom. The van der Waals surface area contributed by atoms with Crippen molar-refractivity contribution in [3.8, 4) is 0 Å². The molecule has 0 saturated carbocycles. The molecule has 0 radical (unpaired) electrons. The maximum atomic E-state index is 13.1. The second-order valence-electron chi connectivity index (χ2n) is 8.42. The summed E-state index contributed by atoms with van der Waals surface area (Å²) in [6.45, 7) is 11.7. The van der Waals surface area contributed by atoms with E-state index in [4.69, 9.17) is 5.73 Å². The van der Waals surface area contributed by atoms with Gasteiger partial charge in [0.2, 0.25) is 5.82 Å². The van der Waals surface area contributed by atoms with E-state index in [1.165, 1.54) is 6.42 Å². The SMILES string of the molecule is Cc1nc(C(=O)N2CCCCC(C)(C)C2)nc(N2CC[C@@H](N)C2)c1C. The van der Waals surface area contributed by atoms with Crippen molar-refractivity contribution in [2.24, 2.45) is 11.1 Å². The summed E-state index contributed by atoms with van der Waals surface area (Å²) in [5.41, 5.74) is 8.12. The van der Waals surface area contributed by atoms with Crippen LogP contribution in [0.3, 0.4) is 0 Å². The summed E-state index contributed by atoms with van der Waals surface area (Å²) in [5.74, 6) is 1.16. The predicted molar refractivity (Wildman–Crippen MR) is 99.8 cm³/mol. The lowest BCUT2D eigenvalue weighted by Crippen LogP contribution is -2.39. The zero-order chi connectivity index (χ0) is 18.2. The maximum Gasteiger partial charge on any atom is 0.291 e. The molecule has 1 aromatic heterocycles. The largest absolute Gasteiger partial charge is 0.355 e. The molecule has 6 nitrogen and oxygen atoms in total. The third-order valence-electron chi connectivity index (χ3n) is 5.52. The average Bonchev–Trinajstić information content (AvgIpc) is 2.89. The summed E-state index contributed by atoms with van der Waals surface area (Å²) in [7, 11) is 0. The first kappa shape index (κ1) is 18.1. The molecular formula is C19H31N5O. The summed E-state index contributed by atoms with van der Waals surface area (Å²) >= 11 is 0. The van der Waals surface area contributed by atoms with E-state index in [0.717, 1.165) is 62.5 Å². The molecule has 2 aliphatic heterocycles. The minimum atomic E-state index is -0.0391. The molecule has 0 unspecified atom stereocenters. The number of aryl methyl sites for hydroxylation is 1. The van der Waals surface area contributed by atoms with Crippen LogP contribution >= 0.6 is 0 Å². The molecular weight excluding hydrogens is 314 g/mol. The van der Waals surface area contributed by atoms with E-state index < -0.39 is 0 Å². The predicted octanol–water partition coefficient (Wildman–Crippen LogP) is 2.28. The summed E-state index contributed by atoms with van der Waals surface area (Å²) < 4.78 is 0. The Kier molecular flexibility index (Phi) is 5.00. The molecule has 3 rings (SSSR count). The van der Waals surface area contributed by atoms with Gasteiger partial charge >= 0.3 is 0 Å². The van der Waals surface area contributed by atoms with Crippen molar-refractivity contribution in [2.45, 2.75) is 59.4 Å². The van der Waals surface area contributed by atoms with Gasteiger partial charge in [0.15, 0.2) is 0 Å². The quantitative estimate of drug-likeness (QED) is 0.890. The van der Waals surface area contributed by atoms with Crippen LogP contribution in [-0.2, 0) is 0 Å². The van der Waals surface area contributed by atoms with Gasteiger partial charge in [0.05, 0.1) is 0 Å². The lowest BCUT2D eigenvalue weighted by molar-refractivity contribution is 0.0694. The molecule has 0 bridgehead atoms. The van der Waals surface area contributed by atoms with Crippen LogP contribution in [-0.4, -0.2) is 53.0 Å². The molecule has 3 heterocycles. The minimum Gasteiger partial charge on any atom is -0.355 e. The van der Waals surface area contributed by atoms with E-state index >= 15 is 0 Å². The fraction of sp³-hybridized carbons (Fsp3) is 0.737. The number of rotatable bonds is 2. The monoisotopic (exact) mass is 345 g/mol. The smallest absolute Gasteiger partial charge is 0.291 e. The molecule has 2 N–H and O–H groups in total. The van der Waals surface area contributed by atoms with Crippen molar-refractivity contribution < 1.29 is 4.79 Å². The van der Waals surface area contributed by atoms with Crippen LogP contribution in [0.5, 0.6) is 0 Å². The number of aromatic nitrogens is 2. The van der Waals surface area contributed by atoms with Crippen LogP contribution in [0.2, 0.25) is 0 Å². The van der Waals surface area contributed by atoms with E-state index in [1.807, 2.05) is 18.7 Å². The van der Waals surface area contributed by atoms with Crippen molar-refractivity contribution in [1.29, 1.82) is 0 Å². The molecule has 1 aromatic rings. The molecule has 1 amide bonds. The van der Waals surface area contributed by atoms with Crippen LogP contribution in [0.25, 0.3) is 0 Å². The minimum absolute atomic E-state index is 0.0391. The van der Waals surface area contributed by atoms with Gasteiger partial charge in [0, 0.05) is 43.5 Å². The third kappa shape index (κ3) is 3.94. The zero-order valence-corrected chi connectivity index (χ0v) is 16.0. The number of anilines is 1. The van der Waals surface area contributed by atoms with Crippen LogP contribution in [0.4, 0.5) is 5.82 Å². The van der Waals surface area contributed by atoms with Crippen LogP contribution in [0.15, 0.2) is 0 Å². The number of nitrogens with two attached hydrogens (primary N) is 1. The zero-order valence-electron chi connectivity index (χ0n) is 16.0. The molecule has 0 aromatic carbocycles. The van der Waals surface area contributed by atoms with Gasteiger partial charge in [-0.3, -0.25) is 4.79 Å². The van der Waals surface area contributed by atoms with E-state index in [2.05, 4.69) is 28.7 Å². The van der Waals surface area contributed by atoms with Crippen molar-refractivity contribution in [3.05, 3.63) is 17.1 Å². The number of hydrogen-bond donors (Lipinski definition) is 1. The van der Waals surface area contributed by atoms with Crippen molar-refractivity contribution >= 4 is 11.7 Å². The van der Waals surface area contributed by atoms with Crippen molar-refractivity contribution in [3.63, 3.8) is 0 Å². The Labute approximate surface area is 150 Å². The number of amides is 1. The number of hydrogen-bond acceptors (Lipinski definition) is 5. The second-order valence-corrected chi connectivity index (χ2v) is 8.42. The van der Waals surface area contributed by atoms with Gasteiger partial charge in [-0.25, -0.2) is 9.97 Å². The fourth-order valence-electron chi connectivity index (χ4n) is 3.89. The van der Waals surface area contributed by atoms with Gasteiger partial charge in [0.1, 0.15) is 5.82 Å². The molecule has 2 aliphatic rings. The lowest BCUT2D eigenvalue weighted by atomic mass is 9.88. The van der Waals surface area contributed by atoms with Gasteiger partial charge in [-0.2, -0.15) is 0 Å². The molecule has 138 valence electrons. The topological polar surface area (TPSA) is 75.4 Å². The van der Waals surface area contributed by atoms with Gasteiger partial charge < -0.3 is 15.5 Å². The third-order valence-corrected chi connectivity index (χ3v) is 5.52. The fourth-order valence-corrected chi connectivity index (χ4v) is 3.89. The first-order valence-electron chi connectivity index (χ1n) is 9.42. The Bertz CT molecular complexity index is 657. The number of carbonyl (C=O) groups is 1. The van der Waals surface area contributed by atoms with Crippen LogP contribution in [0, 0.1) is 19.3 Å². The highest BCUT2D eigenvalue weighted by Gasteiger charge is 2.30. The average molecular weight is 345 g/mol. The number of carbonyl (C=O) groups excluding carboxylic acids is 1. The Morgan fingerprint density at radius 1 is 1.20 bits per heavy atom. The summed E-state index contributed by atoms with van der Waals surface area (Å²) in [6.07, 6.45) is 4.34. The van der Waals surface area contributed by atoms with Crippen LogP contribution < -0.4 is 10.6 Å². The number of nitrogens with zero attached hydrogens (tertiary/aromatic N) is 4. The standard InChI is InChI=1S/C19H31N5O/c1-13-14(2)21-16(22-17(13)23-10-7-15(20)11-23)18(25)24-9-6-5-8-19(3,4)12-24/h15H,5-12,20H2,1-4H3/t15-/m1/s1. The molecule has 1 atom stereocenters. The first-order valence-corrected chi connectivity index (χ1v) is 9.42. The molecule has 25 heavy (non-hydrogen) atoms. The van der Waals surface area contributed by atoms with Gasteiger partial charge in [-0.15, -0.1) is 0 Å². The van der Waals surface area contributed by atoms with E-state index in [1.54, 1.807) is 0 Å². The maximum absolute atomic E-state index is 13.1. The van der Waals surface area contributed by atoms with Crippen LogP contribution in [0.1, 0.15) is 61.4 Å². The molecule has 2 saturated heterocycles. The molecule has 6 heteroatoms. The van der Waals surface area contributed by atoms with E-state index in [-0.39, 0.29) is 17.4 Å². The lowest BCUT2D eigenvalue weighted by Gasteiger charge is -2.29. The van der Waals surface area contributed by atoms with Gasteiger partial charge in [0.25, 0.3) is 5.91 Å². The highest BCUT2D eigenvalue weighted by atomic mass is 16.2. The Morgan fingerprint density at radius 2 is 1.96 bits per heavy atom. The van der Waals surface area contributed by atoms with Crippen molar-refractivity contribution in [1.82, 2.24) is 14.9 Å². The Balaban J connectivity index is 1.88. The van der Waals surface area contributed by atoms with Gasteiger partial charge in [-0.1, -0.05) is 20.3 Å². The number of likely N-dealkylation sites (tertiary alicyclic amines) is 1. The second kappa shape index (κ2) is 6.90.